The zero-order chi connectivity index (χ0) is 21.3. The summed E-state index contributed by atoms with van der Waals surface area (Å²) in [4.78, 5) is 0. The molecule has 0 heterocycles. The average molecular weight is 411 g/mol. The number of hydrogen-bond acceptors (Lipinski definition) is 1. The molecule has 1 heteroatoms. The van der Waals surface area contributed by atoms with Gasteiger partial charge >= 0.3 is 0 Å². The lowest BCUT2D eigenvalue weighted by Crippen LogP contribution is -2.04. The Labute approximate surface area is 185 Å². The lowest BCUT2D eigenvalue weighted by atomic mass is 10.0. The van der Waals surface area contributed by atoms with Gasteiger partial charge in [0.2, 0.25) is 0 Å². The highest BCUT2D eigenvalue weighted by Crippen LogP contribution is 2.16. The molecule has 1 atom stereocenters. The largest absolute Gasteiger partial charge is 0.393 e. The lowest BCUT2D eigenvalue weighted by molar-refractivity contribution is 0.150. The molecule has 0 radical (unpaired) electrons. The number of aliphatic hydroxyl groups excluding tert-OH is 1. The number of rotatable bonds is 25. The van der Waals surface area contributed by atoms with Gasteiger partial charge in [0.25, 0.3) is 0 Å². The van der Waals surface area contributed by atoms with E-state index in [9.17, 15) is 5.11 Å². The third-order valence-electron chi connectivity index (χ3n) is 6.51. The summed E-state index contributed by atoms with van der Waals surface area (Å²) >= 11 is 0. The van der Waals surface area contributed by atoms with E-state index in [1.807, 2.05) is 0 Å². The first-order valence-electron chi connectivity index (χ1n) is 14.0. The van der Waals surface area contributed by atoms with Gasteiger partial charge in [0.15, 0.2) is 0 Å². The molecule has 0 aromatic carbocycles. The number of aliphatic hydroxyl groups is 1. The minimum atomic E-state index is -0.0369. The minimum Gasteiger partial charge on any atom is -0.393 e. The van der Waals surface area contributed by atoms with E-state index in [1.165, 1.54) is 141 Å². The highest BCUT2D eigenvalue weighted by Gasteiger charge is 2.01. The Bertz CT molecular complexity index is 275. The van der Waals surface area contributed by atoms with E-state index in [4.69, 9.17) is 0 Å². The second kappa shape index (κ2) is 26.0. The molecule has 0 aliphatic rings. The van der Waals surface area contributed by atoms with Crippen LogP contribution in [0.2, 0.25) is 0 Å². The van der Waals surface area contributed by atoms with Crippen LogP contribution in [0.4, 0.5) is 0 Å². The van der Waals surface area contributed by atoms with Crippen molar-refractivity contribution in [1.82, 2.24) is 0 Å². The second-order valence-corrected chi connectivity index (χ2v) is 9.66. The molecule has 0 saturated heterocycles. The van der Waals surface area contributed by atoms with Gasteiger partial charge in [-0.3, -0.25) is 0 Å². The molecule has 0 bridgehead atoms. The Balaban J connectivity index is 3.02. The molecule has 176 valence electrons. The molecule has 0 amide bonds. The smallest absolute Gasteiger partial charge is 0.0540 e. The summed E-state index contributed by atoms with van der Waals surface area (Å²) in [6, 6.07) is 0. The molecule has 0 spiro atoms. The fourth-order valence-corrected chi connectivity index (χ4v) is 4.47. The molecule has 1 unspecified atom stereocenters. The fourth-order valence-electron chi connectivity index (χ4n) is 4.47. The van der Waals surface area contributed by atoms with E-state index in [0.717, 1.165) is 19.3 Å². The van der Waals surface area contributed by atoms with Crippen LogP contribution in [0.5, 0.6) is 0 Å². The van der Waals surface area contributed by atoms with Crippen LogP contribution in [0.3, 0.4) is 0 Å². The van der Waals surface area contributed by atoms with Crippen molar-refractivity contribution in [3.8, 4) is 0 Å². The second-order valence-electron chi connectivity index (χ2n) is 9.66. The maximum atomic E-state index is 9.71. The van der Waals surface area contributed by atoms with Crippen molar-refractivity contribution >= 4 is 0 Å². The van der Waals surface area contributed by atoms with Crippen LogP contribution in [0.25, 0.3) is 0 Å². The Morgan fingerprint density at radius 2 is 0.621 bits per heavy atom. The topological polar surface area (TPSA) is 20.2 Å². The molecule has 0 aliphatic heterocycles. The highest BCUT2D eigenvalue weighted by molar-refractivity contribution is 4.55. The summed E-state index contributed by atoms with van der Waals surface area (Å²) in [5, 5.41) is 9.71. The van der Waals surface area contributed by atoms with E-state index < -0.39 is 0 Å². The number of hydrogen-bond donors (Lipinski definition) is 1. The van der Waals surface area contributed by atoms with E-state index in [0.29, 0.717) is 0 Å². The van der Waals surface area contributed by atoms with Crippen LogP contribution >= 0.6 is 0 Å². The predicted molar refractivity (Wildman–Crippen MR) is 133 cm³/mol. The zero-order valence-electron chi connectivity index (χ0n) is 20.7. The summed E-state index contributed by atoms with van der Waals surface area (Å²) in [7, 11) is 0. The quantitative estimate of drug-likeness (QED) is 0.148. The molecular weight excluding hydrogens is 352 g/mol. The van der Waals surface area contributed by atoms with Crippen molar-refractivity contribution in [3.05, 3.63) is 0 Å². The van der Waals surface area contributed by atoms with Crippen LogP contribution in [-0.2, 0) is 0 Å². The van der Waals surface area contributed by atoms with E-state index in [1.54, 1.807) is 0 Å². The standard InChI is InChI=1S/C28H58O/c1-3-5-6-7-8-9-10-11-12-13-14-15-16-17-18-19-20-21-22-23-24-25-27-28(29)26-4-2/h28-29H,3-27H2,1-2H3. The molecule has 0 rings (SSSR count). The van der Waals surface area contributed by atoms with Crippen LogP contribution in [-0.4, -0.2) is 11.2 Å². The fraction of sp³-hybridized carbons (Fsp3) is 1.00. The highest BCUT2D eigenvalue weighted by atomic mass is 16.3. The minimum absolute atomic E-state index is 0.0369. The molecular formula is C28H58O. The first kappa shape index (κ1) is 29.0. The SMILES string of the molecule is CCCCCCCCCCCCCCCCCCCCCCCCC(O)CCC. The predicted octanol–water partition coefficient (Wildman–Crippen LogP) is 10.1. The van der Waals surface area contributed by atoms with Crippen molar-refractivity contribution in [1.29, 1.82) is 0 Å². The molecule has 29 heavy (non-hydrogen) atoms. The zero-order valence-corrected chi connectivity index (χ0v) is 20.7. The molecule has 0 fully saturated rings. The Hall–Kier alpha value is -0.0400. The maximum absolute atomic E-state index is 9.71. The van der Waals surface area contributed by atoms with Crippen LogP contribution < -0.4 is 0 Å². The van der Waals surface area contributed by atoms with Crippen molar-refractivity contribution in [2.75, 3.05) is 0 Å². The average Bonchev–Trinajstić information content (AvgIpc) is 2.72. The van der Waals surface area contributed by atoms with Gasteiger partial charge in [-0.25, -0.2) is 0 Å². The van der Waals surface area contributed by atoms with Crippen LogP contribution in [0.1, 0.15) is 174 Å². The maximum Gasteiger partial charge on any atom is 0.0540 e. The third-order valence-corrected chi connectivity index (χ3v) is 6.51. The van der Waals surface area contributed by atoms with Gasteiger partial charge in [-0.1, -0.05) is 162 Å². The summed E-state index contributed by atoms with van der Waals surface area (Å²) in [5.41, 5.74) is 0. The molecule has 0 aromatic heterocycles. The number of unbranched alkanes of at least 4 members (excludes halogenated alkanes) is 21. The molecule has 1 N–H and O–H groups in total. The summed E-state index contributed by atoms with van der Waals surface area (Å²) in [6.45, 7) is 4.45. The Morgan fingerprint density at radius 3 is 0.897 bits per heavy atom. The van der Waals surface area contributed by atoms with Crippen molar-refractivity contribution < 1.29 is 5.11 Å². The first-order valence-corrected chi connectivity index (χ1v) is 14.0. The van der Waals surface area contributed by atoms with Crippen molar-refractivity contribution in [2.45, 2.75) is 180 Å². The Morgan fingerprint density at radius 1 is 0.345 bits per heavy atom. The van der Waals surface area contributed by atoms with Gasteiger partial charge < -0.3 is 5.11 Å². The normalized spacial score (nSPS) is 12.5. The van der Waals surface area contributed by atoms with E-state index in [-0.39, 0.29) is 6.10 Å². The van der Waals surface area contributed by atoms with Gasteiger partial charge in [0.1, 0.15) is 0 Å². The molecule has 0 saturated carbocycles. The van der Waals surface area contributed by atoms with Crippen LogP contribution in [0, 0.1) is 0 Å². The van der Waals surface area contributed by atoms with Crippen molar-refractivity contribution in [2.24, 2.45) is 0 Å². The third kappa shape index (κ3) is 25.9. The lowest BCUT2D eigenvalue weighted by Gasteiger charge is -2.08. The van der Waals surface area contributed by atoms with E-state index in [2.05, 4.69) is 13.8 Å². The summed E-state index contributed by atoms with van der Waals surface area (Å²) in [5.74, 6) is 0. The van der Waals surface area contributed by atoms with Gasteiger partial charge in [-0.2, -0.15) is 0 Å². The first-order chi connectivity index (χ1) is 14.3. The van der Waals surface area contributed by atoms with Gasteiger partial charge in [0.05, 0.1) is 6.10 Å². The molecule has 0 aromatic rings. The molecule has 0 aliphatic carbocycles. The summed E-state index contributed by atoms with van der Waals surface area (Å²) in [6.07, 6.45) is 34.7. The van der Waals surface area contributed by atoms with Crippen molar-refractivity contribution in [3.63, 3.8) is 0 Å². The van der Waals surface area contributed by atoms with Crippen LogP contribution in [0.15, 0.2) is 0 Å². The monoisotopic (exact) mass is 410 g/mol. The van der Waals surface area contributed by atoms with Gasteiger partial charge in [0, 0.05) is 0 Å². The van der Waals surface area contributed by atoms with Gasteiger partial charge in [-0.15, -0.1) is 0 Å². The Kier molecular flexibility index (Phi) is 26.0. The molecule has 1 nitrogen and oxygen atoms in total. The van der Waals surface area contributed by atoms with E-state index >= 15 is 0 Å². The summed E-state index contributed by atoms with van der Waals surface area (Å²) < 4.78 is 0. The van der Waals surface area contributed by atoms with Gasteiger partial charge in [-0.05, 0) is 12.8 Å².